The highest BCUT2D eigenvalue weighted by Gasteiger charge is 2.38. The van der Waals surface area contributed by atoms with E-state index >= 15 is 0 Å². The van der Waals surface area contributed by atoms with Gasteiger partial charge in [-0.15, -0.1) is 0 Å². The normalized spacial score (nSPS) is 15.3. The maximum absolute atomic E-state index is 12.3. The van der Waals surface area contributed by atoms with Crippen LogP contribution in [0.15, 0.2) is 36.4 Å². The second-order valence-electron chi connectivity index (χ2n) is 9.58. The molecular weight excluding hydrogens is 370 g/mol. The first-order valence-electron chi connectivity index (χ1n) is 9.76. The molecule has 0 fully saturated rings. The number of hydrogen-bond acceptors (Lipinski definition) is 4. The maximum atomic E-state index is 12.3. The molecule has 0 aromatic heterocycles. The van der Waals surface area contributed by atoms with Crippen LogP contribution in [0.5, 0.6) is 0 Å². The number of aliphatic hydroxyl groups excluding tert-OH is 1. The van der Waals surface area contributed by atoms with E-state index in [9.17, 15) is 9.90 Å². The molecule has 2 atom stereocenters. The van der Waals surface area contributed by atoms with E-state index in [1.165, 1.54) is 0 Å². The summed E-state index contributed by atoms with van der Waals surface area (Å²) in [6, 6.07) is 9.10. The highest BCUT2D eigenvalue weighted by molar-refractivity contribution is 6.74. The molecule has 1 amide bonds. The molecule has 0 spiro atoms. The van der Waals surface area contributed by atoms with Gasteiger partial charge in [0.25, 0.3) is 0 Å². The van der Waals surface area contributed by atoms with Gasteiger partial charge in [-0.2, -0.15) is 0 Å². The second-order valence-corrected chi connectivity index (χ2v) is 14.4. The molecule has 0 aliphatic carbocycles. The number of benzene rings is 1. The Kier molecular flexibility index (Phi) is 8.47. The topological polar surface area (TPSA) is 67.8 Å². The Balaban J connectivity index is 2.90. The third kappa shape index (κ3) is 8.58. The number of aliphatic hydroxyl groups is 1. The lowest BCUT2D eigenvalue weighted by Gasteiger charge is -2.37. The van der Waals surface area contributed by atoms with Crippen molar-refractivity contribution in [1.29, 1.82) is 0 Å². The van der Waals surface area contributed by atoms with Crippen molar-refractivity contribution in [3.05, 3.63) is 42.0 Å². The number of ether oxygens (including phenoxy) is 1. The lowest BCUT2D eigenvalue weighted by Crippen LogP contribution is -2.51. The molecule has 0 unspecified atom stereocenters. The van der Waals surface area contributed by atoms with Crippen molar-refractivity contribution in [2.75, 3.05) is 6.61 Å². The summed E-state index contributed by atoms with van der Waals surface area (Å²) >= 11 is 0. The van der Waals surface area contributed by atoms with Crippen molar-refractivity contribution >= 4 is 20.5 Å². The zero-order valence-electron chi connectivity index (χ0n) is 18.6. The average Bonchev–Trinajstić information content (AvgIpc) is 2.54. The van der Waals surface area contributed by atoms with E-state index in [4.69, 9.17) is 9.16 Å². The quantitative estimate of drug-likeness (QED) is 0.626. The summed E-state index contributed by atoms with van der Waals surface area (Å²) in [6.45, 7) is 16.4. The first-order chi connectivity index (χ1) is 12.7. The first kappa shape index (κ1) is 24.4. The number of carbonyl (C=O) groups is 1. The lowest BCUT2D eigenvalue weighted by molar-refractivity contribution is 0.0412. The summed E-state index contributed by atoms with van der Waals surface area (Å²) < 4.78 is 11.6. The molecule has 0 radical (unpaired) electrons. The van der Waals surface area contributed by atoms with Crippen LogP contribution in [0.3, 0.4) is 0 Å². The van der Waals surface area contributed by atoms with Crippen molar-refractivity contribution in [3.8, 4) is 0 Å². The SMILES string of the molecule is CC(C)(C)OC(=O)N[C@@H](CO[Si](C)(C)C(C)(C)C)[C@H](O)/C=C/c1ccccc1. The Morgan fingerprint density at radius 1 is 1.14 bits per heavy atom. The summed E-state index contributed by atoms with van der Waals surface area (Å²) in [7, 11) is -2.03. The minimum atomic E-state index is -2.03. The molecular formula is C22H37NO4Si. The average molecular weight is 408 g/mol. The van der Waals surface area contributed by atoms with E-state index in [1.54, 1.807) is 26.8 Å². The third-order valence-electron chi connectivity index (χ3n) is 4.83. The summed E-state index contributed by atoms with van der Waals surface area (Å²) in [5, 5.41) is 13.5. The highest BCUT2D eigenvalue weighted by Crippen LogP contribution is 2.36. The molecule has 1 aromatic carbocycles. The minimum Gasteiger partial charge on any atom is -0.444 e. The monoisotopic (exact) mass is 407 g/mol. The zero-order chi connectivity index (χ0) is 21.6. The van der Waals surface area contributed by atoms with Crippen LogP contribution in [0.4, 0.5) is 4.79 Å². The van der Waals surface area contributed by atoms with Gasteiger partial charge in [-0.05, 0) is 44.5 Å². The molecule has 28 heavy (non-hydrogen) atoms. The Bertz CT molecular complexity index is 645. The van der Waals surface area contributed by atoms with Gasteiger partial charge >= 0.3 is 6.09 Å². The molecule has 158 valence electrons. The van der Waals surface area contributed by atoms with Crippen LogP contribution in [0.1, 0.15) is 47.1 Å². The molecule has 0 saturated heterocycles. The Morgan fingerprint density at radius 2 is 1.71 bits per heavy atom. The molecule has 6 heteroatoms. The molecule has 0 bridgehead atoms. The fourth-order valence-electron chi connectivity index (χ4n) is 2.11. The van der Waals surface area contributed by atoms with Crippen molar-refractivity contribution < 1.29 is 19.1 Å². The molecule has 0 aliphatic heterocycles. The predicted octanol–water partition coefficient (Wildman–Crippen LogP) is 4.98. The van der Waals surface area contributed by atoms with Gasteiger partial charge in [0.2, 0.25) is 0 Å². The molecule has 5 nitrogen and oxygen atoms in total. The van der Waals surface area contributed by atoms with E-state index in [2.05, 4.69) is 39.2 Å². The second kappa shape index (κ2) is 9.72. The van der Waals surface area contributed by atoms with Crippen molar-refractivity contribution in [2.24, 2.45) is 0 Å². The van der Waals surface area contributed by atoms with Crippen LogP contribution in [0, 0.1) is 0 Å². The number of nitrogens with one attached hydrogen (secondary N) is 1. The summed E-state index contributed by atoms with van der Waals surface area (Å²) in [5.74, 6) is 0. The molecule has 0 aliphatic rings. The number of carbonyl (C=O) groups excluding carboxylic acids is 1. The molecule has 0 saturated carbocycles. The maximum Gasteiger partial charge on any atom is 0.408 e. The van der Waals surface area contributed by atoms with Gasteiger partial charge in [0.05, 0.1) is 18.8 Å². The van der Waals surface area contributed by atoms with E-state index in [1.807, 2.05) is 36.4 Å². The van der Waals surface area contributed by atoms with Crippen molar-refractivity contribution in [2.45, 2.75) is 77.4 Å². The number of amides is 1. The summed E-state index contributed by atoms with van der Waals surface area (Å²) in [4.78, 5) is 12.3. The van der Waals surface area contributed by atoms with Crippen LogP contribution >= 0.6 is 0 Å². The van der Waals surface area contributed by atoms with Crippen LogP contribution < -0.4 is 5.32 Å². The van der Waals surface area contributed by atoms with Gasteiger partial charge in [-0.1, -0.05) is 63.3 Å². The van der Waals surface area contributed by atoms with E-state index in [0.717, 1.165) is 5.56 Å². The number of rotatable bonds is 7. The fourth-order valence-corrected chi connectivity index (χ4v) is 3.14. The van der Waals surface area contributed by atoms with Crippen LogP contribution in [0.25, 0.3) is 6.08 Å². The van der Waals surface area contributed by atoms with E-state index in [0.29, 0.717) is 0 Å². The van der Waals surface area contributed by atoms with Crippen LogP contribution in [-0.2, 0) is 9.16 Å². The number of hydrogen-bond donors (Lipinski definition) is 2. The largest absolute Gasteiger partial charge is 0.444 e. The minimum absolute atomic E-state index is 0.0360. The molecule has 1 rings (SSSR count). The van der Waals surface area contributed by atoms with Crippen molar-refractivity contribution in [3.63, 3.8) is 0 Å². The van der Waals surface area contributed by atoms with Gasteiger partial charge in [0.1, 0.15) is 5.60 Å². The van der Waals surface area contributed by atoms with E-state index < -0.39 is 32.2 Å². The smallest absolute Gasteiger partial charge is 0.408 e. The summed E-state index contributed by atoms with van der Waals surface area (Å²) in [6.07, 6.45) is 2.04. The van der Waals surface area contributed by atoms with Gasteiger partial charge in [-0.3, -0.25) is 0 Å². The third-order valence-corrected chi connectivity index (χ3v) is 9.33. The predicted molar refractivity (Wildman–Crippen MR) is 118 cm³/mol. The standard InChI is InChI=1S/C22H37NO4Si/c1-21(2,3)27-20(25)23-18(16-26-28(7,8)22(4,5)6)19(24)15-14-17-12-10-9-11-13-17/h9-15,18-19,24H,16H2,1-8H3,(H,23,25)/b15-14+/t18-,19+/m0/s1. The van der Waals surface area contributed by atoms with Gasteiger partial charge in [-0.25, -0.2) is 4.79 Å². The Morgan fingerprint density at radius 3 is 2.21 bits per heavy atom. The highest BCUT2D eigenvalue weighted by atomic mass is 28.4. The lowest BCUT2D eigenvalue weighted by atomic mass is 10.1. The Hall–Kier alpha value is -1.63. The van der Waals surface area contributed by atoms with Gasteiger partial charge < -0.3 is 19.6 Å². The van der Waals surface area contributed by atoms with Crippen LogP contribution in [-0.4, -0.2) is 43.9 Å². The van der Waals surface area contributed by atoms with Gasteiger partial charge in [0, 0.05) is 0 Å². The molecule has 1 aromatic rings. The molecule has 0 heterocycles. The zero-order valence-corrected chi connectivity index (χ0v) is 19.6. The summed E-state index contributed by atoms with van der Waals surface area (Å²) in [5.41, 5.74) is 0.364. The van der Waals surface area contributed by atoms with Gasteiger partial charge in [0.15, 0.2) is 8.32 Å². The number of alkyl carbamates (subject to hydrolysis) is 1. The first-order valence-corrected chi connectivity index (χ1v) is 12.7. The fraction of sp³-hybridized carbons (Fsp3) is 0.591. The van der Waals surface area contributed by atoms with Crippen molar-refractivity contribution in [1.82, 2.24) is 5.32 Å². The van der Waals surface area contributed by atoms with E-state index in [-0.39, 0.29) is 11.6 Å². The van der Waals surface area contributed by atoms with Crippen LogP contribution in [0.2, 0.25) is 18.1 Å². The molecule has 2 N–H and O–H groups in total. The Labute approximate surface area is 171 Å².